The lowest BCUT2D eigenvalue weighted by Gasteiger charge is -2.31. The van der Waals surface area contributed by atoms with Crippen LogP contribution < -0.4 is 4.74 Å². The second-order valence-electron chi connectivity index (χ2n) is 5.62. The molecule has 1 aliphatic rings. The van der Waals surface area contributed by atoms with Crippen LogP contribution in [0.1, 0.15) is 29.0 Å². The molecule has 3 rings (SSSR count). The monoisotopic (exact) mass is 313 g/mol. The summed E-state index contributed by atoms with van der Waals surface area (Å²) >= 11 is 0. The topological polar surface area (TPSA) is 81.1 Å². The SMILES string of the molecule is Cc1cnc(C(=O)N2CCC(COc3ncccn3)CC2)cn1. The van der Waals surface area contributed by atoms with Crippen LogP contribution >= 0.6 is 0 Å². The van der Waals surface area contributed by atoms with Crippen LogP contribution in [0.25, 0.3) is 0 Å². The summed E-state index contributed by atoms with van der Waals surface area (Å²) in [5.41, 5.74) is 1.21. The molecule has 0 N–H and O–H groups in total. The summed E-state index contributed by atoms with van der Waals surface area (Å²) in [6, 6.07) is 2.16. The van der Waals surface area contributed by atoms with Gasteiger partial charge in [-0.05, 0) is 31.7 Å². The molecule has 0 unspecified atom stereocenters. The van der Waals surface area contributed by atoms with E-state index in [4.69, 9.17) is 4.74 Å². The first kappa shape index (κ1) is 15.3. The Bertz CT molecular complexity index is 639. The quantitative estimate of drug-likeness (QED) is 0.851. The molecule has 23 heavy (non-hydrogen) atoms. The molecule has 0 atom stereocenters. The van der Waals surface area contributed by atoms with Crippen molar-refractivity contribution in [1.29, 1.82) is 0 Å². The van der Waals surface area contributed by atoms with Crippen LogP contribution in [0.4, 0.5) is 0 Å². The van der Waals surface area contributed by atoms with Crippen molar-refractivity contribution in [2.45, 2.75) is 19.8 Å². The fraction of sp³-hybridized carbons (Fsp3) is 0.438. The smallest absolute Gasteiger partial charge is 0.316 e. The number of ether oxygens (including phenoxy) is 1. The number of rotatable bonds is 4. The third kappa shape index (κ3) is 4.00. The maximum absolute atomic E-state index is 12.4. The lowest BCUT2D eigenvalue weighted by Crippen LogP contribution is -2.40. The third-order valence-corrected chi connectivity index (χ3v) is 3.89. The van der Waals surface area contributed by atoms with Gasteiger partial charge in [-0.3, -0.25) is 9.78 Å². The maximum atomic E-state index is 12.4. The van der Waals surface area contributed by atoms with Gasteiger partial charge in [0.1, 0.15) is 5.69 Å². The van der Waals surface area contributed by atoms with Gasteiger partial charge in [0.25, 0.3) is 5.91 Å². The zero-order valence-electron chi connectivity index (χ0n) is 13.1. The summed E-state index contributed by atoms with van der Waals surface area (Å²) in [6.07, 6.45) is 8.28. The number of aromatic nitrogens is 4. The number of hydrogen-bond donors (Lipinski definition) is 0. The fourth-order valence-corrected chi connectivity index (χ4v) is 2.52. The molecule has 7 heteroatoms. The Morgan fingerprint density at radius 3 is 2.57 bits per heavy atom. The molecule has 0 bridgehead atoms. The summed E-state index contributed by atoms with van der Waals surface area (Å²) in [5, 5.41) is 0. The lowest BCUT2D eigenvalue weighted by molar-refractivity contribution is 0.0651. The van der Waals surface area contributed by atoms with E-state index in [1.165, 1.54) is 0 Å². The van der Waals surface area contributed by atoms with Crippen molar-refractivity contribution < 1.29 is 9.53 Å². The molecule has 2 aromatic rings. The average molecular weight is 313 g/mol. The summed E-state index contributed by atoms with van der Waals surface area (Å²) in [4.78, 5) is 30.6. The van der Waals surface area contributed by atoms with Crippen molar-refractivity contribution in [2.24, 2.45) is 5.92 Å². The summed E-state index contributed by atoms with van der Waals surface area (Å²) < 4.78 is 5.59. The van der Waals surface area contributed by atoms with Crippen LogP contribution in [0.2, 0.25) is 0 Å². The first-order chi connectivity index (χ1) is 11.2. The molecular weight excluding hydrogens is 294 g/mol. The fourth-order valence-electron chi connectivity index (χ4n) is 2.52. The first-order valence-electron chi connectivity index (χ1n) is 7.70. The van der Waals surface area contributed by atoms with E-state index in [0.717, 1.165) is 18.5 Å². The third-order valence-electron chi connectivity index (χ3n) is 3.89. The van der Waals surface area contributed by atoms with E-state index in [1.807, 2.05) is 11.8 Å². The number of nitrogens with zero attached hydrogens (tertiary/aromatic N) is 5. The maximum Gasteiger partial charge on any atom is 0.316 e. The van der Waals surface area contributed by atoms with Crippen molar-refractivity contribution in [2.75, 3.05) is 19.7 Å². The number of piperidine rings is 1. The number of amides is 1. The Kier molecular flexibility index (Phi) is 4.75. The van der Waals surface area contributed by atoms with E-state index in [2.05, 4.69) is 19.9 Å². The molecule has 3 heterocycles. The molecule has 0 radical (unpaired) electrons. The average Bonchev–Trinajstić information content (AvgIpc) is 2.61. The van der Waals surface area contributed by atoms with Gasteiger partial charge in [-0.25, -0.2) is 15.0 Å². The van der Waals surface area contributed by atoms with Gasteiger partial charge in [0.05, 0.1) is 18.5 Å². The number of aryl methyl sites for hydroxylation is 1. The Hall–Kier alpha value is -2.57. The molecule has 0 aliphatic carbocycles. The van der Waals surface area contributed by atoms with E-state index in [1.54, 1.807) is 30.9 Å². The molecule has 120 valence electrons. The van der Waals surface area contributed by atoms with E-state index in [0.29, 0.717) is 37.3 Å². The molecule has 0 spiro atoms. The summed E-state index contributed by atoms with van der Waals surface area (Å²) in [5.74, 6) is 0.357. The van der Waals surface area contributed by atoms with Crippen molar-refractivity contribution in [3.05, 3.63) is 42.2 Å². The Labute approximate surface area is 134 Å². The van der Waals surface area contributed by atoms with Gasteiger partial charge >= 0.3 is 6.01 Å². The molecule has 1 amide bonds. The minimum Gasteiger partial charge on any atom is -0.463 e. The molecule has 1 saturated heterocycles. The summed E-state index contributed by atoms with van der Waals surface area (Å²) in [6.45, 7) is 3.84. The highest BCUT2D eigenvalue weighted by Gasteiger charge is 2.25. The Morgan fingerprint density at radius 2 is 1.91 bits per heavy atom. The number of carbonyl (C=O) groups is 1. The zero-order valence-corrected chi connectivity index (χ0v) is 13.1. The van der Waals surface area contributed by atoms with E-state index in [-0.39, 0.29) is 5.91 Å². The second-order valence-corrected chi connectivity index (χ2v) is 5.62. The van der Waals surface area contributed by atoms with E-state index < -0.39 is 0 Å². The van der Waals surface area contributed by atoms with Crippen molar-refractivity contribution in [3.8, 4) is 6.01 Å². The molecule has 0 saturated carbocycles. The highest BCUT2D eigenvalue weighted by Crippen LogP contribution is 2.19. The minimum atomic E-state index is -0.0525. The van der Waals surface area contributed by atoms with Gasteiger partial charge in [0.15, 0.2) is 0 Å². The van der Waals surface area contributed by atoms with Gasteiger partial charge in [0.2, 0.25) is 0 Å². The number of hydrogen-bond acceptors (Lipinski definition) is 6. The Balaban J connectivity index is 1.48. The van der Waals surface area contributed by atoms with Crippen LogP contribution in [0.15, 0.2) is 30.9 Å². The van der Waals surface area contributed by atoms with Gasteiger partial charge in [-0.1, -0.05) is 0 Å². The van der Waals surface area contributed by atoms with Gasteiger partial charge in [-0.2, -0.15) is 0 Å². The standard InChI is InChI=1S/C16H19N5O2/c1-12-9-20-14(10-19-12)15(22)21-7-3-13(4-8-21)11-23-16-17-5-2-6-18-16/h2,5-6,9-10,13H,3-4,7-8,11H2,1H3. The van der Waals surface area contributed by atoms with Crippen LogP contribution in [-0.2, 0) is 0 Å². The van der Waals surface area contributed by atoms with Crippen molar-refractivity contribution in [1.82, 2.24) is 24.8 Å². The van der Waals surface area contributed by atoms with Crippen molar-refractivity contribution in [3.63, 3.8) is 0 Å². The molecule has 7 nitrogen and oxygen atoms in total. The second kappa shape index (κ2) is 7.13. The minimum absolute atomic E-state index is 0.0525. The molecular formula is C16H19N5O2. The predicted octanol–water partition coefficient (Wildman–Crippen LogP) is 1.51. The normalized spacial score (nSPS) is 15.4. The largest absolute Gasteiger partial charge is 0.463 e. The van der Waals surface area contributed by atoms with Gasteiger partial charge in [-0.15, -0.1) is 0 Å². The van der Waals surface area contributed by atoms with Crippen LogP contribution in [0.5, 0.6) is 6.01 Å². The lowest BCUT2D eigenvalue weighted by atomic mass is 9.97. The predicted molar refractivity (Wildman–Crippen MR) is 82.9 cm³/mol. The molecule has 2 aromatic heterocycles. The Morgan fingerprint density at radius 1 is 1.17 bits per heavy atom. The molecule has 0 aromatic carbocycles. The number of carbonyl (C=O) groups excluding carboxylic acids is 1. The first-order valence-corrected chi connectivity index (χ1v) is 7.70. The van der Waals surface area contributed by atoms with E-state index in [9.17, 15) is 4.79 Å². The van der Waals surface area contributed by atoms with Crippen LogP contribution in [0, 0.1) is 12.8 Å². The highest BCUT2D eigenvalue weighted by atomic mass is 16.5. The summed E-state index contributed by atoms with van der Waals surface area (Å²) in [7, 11) is 0. The van der Waals surface area contributed by atoms with Crippen LogP contribution in [-0.4, -0.2) is 50.4 Å². The van der Waals surface area contributed by atoms with Gasteiger partial charge in [0, 0.05) is 31.7 Å². The zero-order chi connectivity index (χ0) is 16.1. The van der Waals surface area contributed by atoms with Gasteiger partial charge < -0.3 is 9.64 Å². The molecule has 1 fully saturated rings. The highest BCUT2D eigenvalue weighted by molar-refractivity contribution is 5.92. The molecule has 1 aliphatic heterocycles. The number of likely N-dealkylation sites (tertiary alicyclic amines) is 1. The van der Waals surface area contributed by atoms with E-state index >= 15 is 0 Å². The van der Waals surface area contributed by atoms with Crippen LogP contribution in [0.3, 0.4) is 0 Å². The van der Waals surface area contributed by atoms with Crippen molar-refractivity contribution >= 4 is 5.91 Å².